The number of nitrogens with zero attached hydrogens (tertiary/aromatic N) is 1. The third kappa shape index (κ3) is 3.20. The van der Waals surface area contributed by atoms with Crippen LogP contribution in [0.15, 0.2) is 53.4 Å². The molecule has 1 amide bonds. The Balaban J connectivity index is 1.48. The van der Waals surface area contributed by atoms with Gasteiger partial charge in [0.05, 0.1) is 4.90 Å². The third-order valence-electron chi connectivity index (χ3n) is 4.74. The maximum atomic E-state index is 12.7. The number of hydrogen-bond acceptors (Lipinski definition) is 4. The smallest absolute Gasteiger partial charge is 0.265 e. The van der Waals surface area contributed by atoms with Gasteiger partial charge in [-0.1, -0.05) is 24.3 Å². The molecule has 0 saturated carbocycles. The van der Waals surface area contributed by atoms with Crippen LogP contribution < -0.4 is 10.1 Å². The number of para-hydroxylation sites is 1. The topological polar surface area (TPSA) is 75.7 Å². The number of nitrogens with one attached hydrogen (secondary N) is 1. The zero-order valence-corrected chi connectivity index (χ0v) is 15.0. The first-order chi connectivity index (χ1) is 12.5. The second kappa shape index (κ2) is 6.74. The SMILES string of the molecule is O=C(Nc1cccc(S(=O)(=O)N2CCCC2)c1)[C@H]1Cc2ccccc2O1. The molecule has 0 aromatic heterocycles. The van der Waals surface area contributed by atoms with E-state index in [2.05, 4.69) is 5.32 Å². The Morgan fingerprint density at radius 1 is 1.08 bits per heavy atom. The predicted octanol–water partition coefficient (Wildman–Crippen LogP) is 2.41. The molecule has 4 rings (SSSR count). The average molecular weight is 372 g/mol. The van der Waals surface area contributed by atoms with Crippen LogP contribution in [0.4, 0.5) is 5.69 Å². The Hall–Kier alpha value is -2.38. The molecule has 26 heavy (non-hydrogen) atoms. The van der Waals surface area contributed by atoms with E-state index in [1.54, 1.807) is 18.2 Å². The lowest BCUT2D eigenvalue weighted by molar-refractivity contribution is -0.122. The van der Waals surface area contributed by atoms with Gasteiger partial charge in [0.2, 0.25) is 10.0 Å². The summed E-state index contributed by atoms with van der Waals surface area (Å²) in [5, 5.41) is 2.77. The highest BCUT2D eigenvalue weighted by molar-refractivity contribution is 7.89. The summed E-state index contributed by atoms with van der Waals surface area (Å²) in [6, 6.07) is 13.9. The minimum atomic E-state index is -3.51. The molecular weight excluding hydrogens is 352 g/mol. The van der Waals surface area contributed by atoms with E-state index in [1.165, 1.54) is 10.4 Å². The standard InChI is InChI=1S/C19H20N2O4S/c22-19(18-12-14-6-1-2-9-17(14)25-18)20-15-7-5-8-16(13-15)26(23,24)21-10-3-4-11-21/h1-2,5-9,13,18H,3-4,10-12H2,(H,20,22)/t18-/m1/s1. The van der Waals surface area contributed by atoms with Gasteiger partial charge in [0.15, 0.2) is 6.10 Å². The van der Waals surface area contributed by atoms with Crippen LogP contribution in [0.25, 0.3) is 0 Å². The molecular formula is C19H20N2O4S. The van der Waals surface area contributed by atoms with Crippen molar-refractivity contribution in [2.24, 2.45) is 0 Å². The molecule has 0 unspecified atom stereocenters. The Bertz CT molecular complexity index is 911. The van der Waals surface area contributed by atoms with Crippen LogP contribution in [0, 0.1) is 0 Å². The molecule has 136 valence electrons. The van der Waals surface area contributed by atoms with Gasteiger partial charge in [-0.3, -0.25) is 4.79 Å². The molecule has 7 heteroatoms. The molecule has 2 aromatic carbocycles. The van der Waals surface area contributed by atoms with Crippen LogP contribution in [0.1, 0.15) is 18.4 Å². The molecule has 0 bridgehead atoms. The highest BCUT2D eigenvalue weighted by Gasteiger charge is 2.30. The number of sulfonamides is 1. The molecule has 0 aliphatic carbocycles. The summed E-state index contributed by atoms with van der Waals surface area (Å²) >= 11 is 0. The first-order valence-corrected chi connectivity index (χ1v) is 10.1. The lowest BCUT2D eigenvalue weighted by Crippen LogP contribution is -2.31. The lowest BCUT2D eigenvalue weighted by Gasteiger charge is -2.16. The first-order valence-electron chi connectivity index (χ1n) is 8.70. The largest absolute Gasteiger partial charge is 0.480 e. The summed E-state index contributed by atoms with van der Waals surface area (Å²) in [5.41, 5.74) is 1.45. The summed E-state index contributed by atoms with van der Waals surface area (Å²) in [4.78, 5) is 12.7. The van der Waals surface area contributed by atoms with E-state index in [0.717, 1.165) is 24.2 Å². The number of fused-ring (bicyclic) bond motifs is 1. The Morgan fingerprint density at radius 3 is 2.62 bits per heavy atom. The van der Waals surface area contributed by atoms with Gasteiger partial charge in [0, 0.05) is 25.2 Å². The molecule has 2 aromatic rings. The summed E-state index contributed by atoms with van der Waals surface area (Å²) in [7, 11) is -3.51. The molecule has 1 N–H and O–H groups in total. The number of benzene rings is 2. The predicted molar refractivity (Wildman–Crippen MR) is 97.6 cm³/mol. The number of hydrogen-bond donors (Lipinski definition) is 1. The summed E-state index contributed by atoms with van der Waals surface area (Å²) in [5.74, 6) is 0.440. The van der Waals surface area contributed by atoms with Gasteiger partial charge in [-0.25, -0.2) is 8.42 Å². The van der Waals surface area contributed by atoms with E-state index < -0.39 is 16.1 Å². The van der Waals surface area contributed by atoms with E-state index in [0.29, 0.717) is 25.2 Å². The molecule has 1 atom stereocenters. The molecule has 6 nitrogen and oxygen atoms in total. The minimum absolute atomic E-state index is 0.202. The molecule has 0 radical (unpaired) electrons. The third-order valence-corrected chi connectivity index (χ3v) is 6.64. The van der Waals surface area contributed by atoms with Crippen LogP contribution in [0.3, 0.4) is 0 Å². The first kappa shape index (κ1) is 17.1. The number of amides is 1. The second-order valence-corrected chi connectivity index (χ2v) is 8.48. The zero-order chi connectivity index (χ0) is 18.1. The van der Waals surface area contributed by atoms with Crippen LogP contribution >= 0.6 is 0 Å². The zero-order valence-electron chi connectivity index (χ0n) is 14.2. The highest BCUT2D eigenvalue weighted by Crippen LogP contribution is 2.29. The fourth-order valence-electron chi connectivity index (χ4n) is 3.36. The van der Waals surface area contributed by atoms with Crippen molar-refractivity contribution < 1.29 is 17.9 Å². The van der Waals surface area contributed by atoms with Gasteiger partial charge < -0.3 is 10.1 Å². The molecule has 2 aliphatic rings. The van der Waals surface area contributed by atoms with Gasteiger partial charge in [-0.05, 0) is 42.7 Å². The van der Waals surface area contributed by atoms with Crippen LogP contribution in [0.2, 0.25) is 0 Å². The average Bonchev–Trinajstić information content (AvgIpc) is 3.32. The normalized spacial score (nSPS) is 19.8. The fraction of sp³-hybridized carbons (Fsp3) is 0.316. The van der Waals surface area contributed by atoms with E-state index in [9.17, 15) is 13.2 Å². The molecule has 2 heterocycles. The quantitative estimate of drug-likeness (QED) is 0.894. The van der Waals surface area contributed by atoms with E-state index in [-0.39, 0.29) is 10.8 Å². The van der Waals surface area contributed by atoms with Crippen LogP contribution in [-0.2, 0) is 21.2 Å². The summed E-state index contributed by atoms with van der Waals surface area (Å²) in [6.45, 7) is 1.10. The maximum absolute atomic E-state index is 12.7. The van der Waals surface area contributed by atoms with Crippen molar-refractivity contribution >= 4 is 21.6 Å². The van der Waals surface area contributed by atoms with Crippen molar-refractivity contribution in [3.8, 4) is 5.75 Å². The van der Waals surface area contributed by atoms with Crippen molar-refractivity contribution in [3.05, 3.63) is 54.1 Å². The molecule has 1 fully saturated rings. The number of anilines is 1. The lowest BCUT2D eigenvalue weighted by atomic mass is 10.1. The summed E-state index contributed by atoms with van der Waals surface area (Å²) < 4.78 is 32.5. The van der Waals surface area contributed by atoms with Crippen molar-refractivity contribution in [1.29, 1.82) is 0 Å². The monoisotopic (exact) mass is 372 g/mol. The van der Waals surface area contributed by atoms with Gasteiger partial charge >= 0.3 is 0 Å². The summed E-state index contributed by atoms with van der Waals surface area (Å²) in [6.07, 6.45) is 1.67. The fourth-order valence-corrected chi connectivity index (χ4v) is 4.93. The van der Waals surface area contributed by atoms with Gasteiger partial charge in [-0.15, -0.1) is 0 Å². The van der Waals surface area contributed by atoms with Gasteiger partial charge in [0.1, 0.15) is 5.75 Å². The van der Waals surface area contributed by atoms with E-state index in [4.69, 9.17) is 4.74 Å². The van der Waals surface area contributed by atoms with E-state index >= 15 is 0 Å². The van der Waals surface area contributed by atoms with Crippen molar-refractivity contribution in [2.75, 3.05) is 18.4 Å². The Labute approximate surface area is 152 Å². The van der Waals surface area contributed by atoms with Crippen molar-refractivity contribution in [2.45, 2.75) is 30.3 Å². The minimum Gasteiger partial charge on any atom is -0.480 e. The number of carbonyl (C=O) groups excluding carboxylic acids is 1. The van der Waals surface area contributed by atoms with Gasteiger partial charge in [0.25, 0.3) is 5.91 Å². The van der Waals surface area contributed by atoms with Crippen molar-refractivity contribution in [1.82, 2.24) is 4.31 Å². The molecule has 2 aliphatic heterocycles. The molecule has 1 saturated heterocycles. The molecule has 0 spiro atoms. The highest BCUT2D eigenvalue weighted by atomic mass is 32.2. The number of carbonyl (C=O) groups is 1. The van der Waals surface area contributed by atoms with E-state index in [1.807, 2.05) is 24.3 Å². The second-order valence-electron chi connectivity index (χ2n) is 6.55. The van der Waals surface area contributed by atoms with Gasteiger partial charge in [-0.2, -0.15) is 4.31 Å². The Morgan fingerprint density at radius 2 is 1.85 bits per heavy atom. The van der Waals surface area contributed by atoms with Crippen LogP contribution in [0.5, 0.6) is 5.75 Å². The number of rotatable bonds is 4. The van der Waals surface area contributed by atoms with Crippen molar-refractivity contribution in [3.63, 3.8) is 0 Å². The Kier molecular flexibility index (Phi) is 4.42. The number of ether oxygens (including phenoxy) is 1. The van der Waals surface area contributed by atoms with Crippen LogP contribution in [-0.4, -0.2) is 37.8 Å². The maximum Gasteiger partial charge on any atom is 0.265 e.